The normalized spacial score (nSPS) is 11.3. The van der Waals surface area contributed by atoms with Gasteiger partial charge in [0.1, 0.15) is 5.71 Å². The highest BCUT2D eigenvalue weighted by atomic mass is 35.5. The zero-order valence-corrected chi connectivity index (χ0v) is 16.5. The summed E-state index contributed by atoms with van der Waals surface area (Å²) in [7, 11) is 3.21. The van der Waals surface area contributed by atoms with Crippen LogP contribution in [-0.4, -0.2) is 30.1 Å². The van der Waals surface area contributed by atoms with Gasteiger partial charge in [-0.25, -0.2) is 0 Å². The van der Waals surface area contributed by atoms with Crippen LogP contribution in [0.15, 0.2) is 66.1 Å². The molecule has 5 nitrogen and oxygen atoms in total. The first-order valence-corrected chi connectivity index (χ1v) is 9.16. The molecular weight excluding hydrogens is 376 g/mol. The molecule has 1 N–H and O–H groups in total. The Balaban J connectivity index is 2.05. The predicted molar refractivity (Wildman–Crippen MR) is 110 cm³/mol. The van der Waals surface area contributed by atoms with Crippen LogP contribution >= 0.6 is 11.6 Å². The van der Waals surface area contributed by atoms with Gasteiger partial charge in [0.2, 0.25) is 0 Å². The lowest BCUT2D eigenvalue weighted by Crippen LogP contribution is -2.10. The van der Waals surface area contributed by atoms with Crippen LogP contribution < -0.4 is 9.47 Å². The Morgan fingerprint density at radius 1 is 0.964 bits per heavy atom. The standard InChI is InChI=1S/C22H21ClN2O3/c1-27-20-10-9-18(21(25-26)16-11-13-24-14-12-16)19(22(20)28-2)8-5-15-3-6-17(23)7-4-15/h3-4,6-7,9-14,26H,5,8H2,1-2H3. The van der Waals surface area contributed by atoms with E-state index in [1.807, 2.05) is 36.4 Å². The van der Waals surface area contributed by atoms with E-state index in [1.54, 1.807) is 38.7 Å². The van der Waals surface area contributed by atoms with Gasteiger partial charge in [-0.1, -0.05) is 28.9 Å². The largest absolute Gasteiger partial charge is 0.493 e. The molecule has 2 aromatic carbocycles. The van der Waals surface area contributed by atoms with Crippen LogP contribution in [0.4, 0.5) is 0 Å². The van der Waals surface area contributed by atoms with Crippen molar-refractivity contribution in [3.63, 3.8) is 0 Å². The lowest BCUT2D eigenvalue weighted by Gasteiger charge is -2.18. The van der Waals surface area contributed by atoms with E-state index >= 15 is 0 Å². The van der Waals surface area contributed by atoms with Gasteiger partial charge in [0.05, 0.1) is 14.2 Å². The second-order valence-corrected chi connectivity index (χ2v) is 6.57. The Labute approximate surface area is 169 Å². The van der Waals surface area contributed by atoms with Crippen molar-refractivity contribution in [3.8, 4) is 11.5 Å². The summed E-state index contributed by atoms with van der Waals surface area (Å²) >= 11 is 5.98. The highest BCUT2D eigenvalue weighted by molar-refractivity contribution is 6.30. The molecule has 144 valence electrons. The van der Waals surface area contributed by atoms with Gasteiger partial charge in [-0.3, -0.25) is 4.98 Å². The highest BCUT2D eigenvalue weighted by Gasteiger charge is 2.20. The Kier molecular flexibility index (Phi) is 6.50. The van der Waals surface area contributed by atoms with Gasteiger partial charge in [0.25, 0.3) is 0 Å². The zero-order valence-electron chi connectivity index (χ0n) is 15.7. The van der Waals surface area contributed by atoms with Crippen molar-refractivity contribution in [2.75, 3.05) is 14.2 Å². The van der Waals surface area contributed by atoms with Crippen molar-refractivity contribution in [2.24, 2.45) is 5.16 Å². The summed E-state index contributed by atoms with van der Waals surface area (Å²) in [5, 5.41) is 14.0. The number of nitrogens with zero attached hydrogens (tertiary/aromatic N) is 2. The van der Waals surface area contributed by atoms with E-state index in [0.29, 0.717) is 28.7 Å². The lowest BCUT2D eigenvalue weighted by molar-refractivity contribution is 0.319. The molecule has 1 aromatic heterocycles. The van der Waals surface area contributed by atoms with E-state index in [2.05, 4.69) is 10.1 Å². The second-order valence-electron chi connectivity index (χ2n) is 6.14. The van der Waals surface area contributed by atoms with Crippen molar-refractivity contribution < 1.29 is 14.7 Å². The van der Waals surface area contributed by atoms with E-state index < -0.39 is 0 Å². The maximum atomic E-state index is 9.74. The number of aryl methyl sites for hydroxylation is 1. The third-order valence-corrected chi connectivity index (χ3v) is 4.79. The molecule has 0 saturated carbocycles. The summed E-state index contributed by atoms with van der Waals surface area (Å²) in [5.41, 5.74) is 4.04. The van der Waals surface area contributed by atoms with Gasteiger partial charge in [0, 0.05) is 34.1 Å². The smallest absolute Gasteiger partial charge is 0.164 e. The van der Waals surface area contributed by atoms with Gasteiger partial charge in [-0.15, -0.1) is 0 Å². The van der Waals surface area contributed by atoms with Gasteiger partial charge in [-0.05, 0) is 54.8 Å². The van der Waals surface area contributed by atoms with Crippen molar-refractivity contribution in [1.29, 1.82) is 0 Å². The molecule has 0 fully saturated rings. The van der Waals surface area contributed by atoms with Crippen LogP contribution in [-0.2, 0) is 12.8 Å². The quantitative estimate of drug-likeness (QED) is 0.355. The van der Waals surface area contributed by atoms with Crippen LogP contribution in [0, 0.1) is 0 Å². The second kappa shape index (κ2) is 9.24. The molecule has 0 atom stereocenters. The average Bonchev–Trinajstić information content (AvgIpc) is 2.74. The number of methoxy groups -OCH3 is 2. The van der Waals surface area contributed by atoms with E-state index in [1.165, 1.54) is 0 Å². The van der Waals surface area contributed by atoms with E-state index in [0.717, 1.165) is 28.7 Å². The molecule has 3 rings (SSSR count). The summed E-state index contributed by atoms with van der Waals surface area (Å²) in [6.45, 7) is 0. The van der Waals surface area contributed by atoms with E-state index in [4.69, 9.17) is 21.1 Å². The maximum absolute atomic E-state index is 9.74. The minimum Gasteiger partial charge on any atom is -0.493 e. The lowest BCUT2D eigenvalue weighted by atomic mass is 9.93. The molecule has 1 heterocycles. The Hall–Kier alpha value is -3.05. The van der Waals surface area contributed by atoms with Gasteiger partial charge in [-0.2, -0.15) is 0 Å². The number of oxime groups is 1. The maximum Gasteiger partial charge on any atom is 0.164 e. The first kappa shape index (κ1) is 19.7. The molecule has 0 aliphatic carbocycles. The van der Waals surface area contributed by atoms with Crippen LogP contribution in [0.5, 0.6) is 11.5 Å². The van der Waals surface area contributed by atoms with Crippen LogP contribution in [0.1, 0.15) is 22.3 Å². The van der Waals surface area contributed by atoms with Crippen LogP contribution in [0.3, 0.4) is 0 Å². The van der Waals surface area contributed by atoms with Crippen LogP contribution in [0.2, 0.25) is 5.02 Å². The minimum atomic E-state index is 0.453. The molecule has 0 amide bonds. The molecule has 0 aliphatic rings. The summed E-state index contributed by atoms with van der Waals surface area (Å²) in [4.78, 5) is 4.03. The van der Waals surface area contributed by atoms with E-state index in [9.17, 15) is 5.21 Å². The summed E-state index contributed by atoms with van der Waals surface area (Å²) in [6.07, 6.45) is 4.76. The number of rotatable bonds is 7. The molecule has 0 saturated heterocycles. The molecule has 0 aliphatic heterocycles. The summed E-state index contributed by atoms with van der Waals surface area (Å²) in [5.74, 6) is 1.26. The third kappa shape index (κ3) is 4.26. The summed E-state index contributed by atoms with van der Waals surface area (Å²) in [6, 6.07) is 15.0. The summed E-state index contributed by atoms with van der Waals surface area (Å²) < 4.78 is 11.1. The predicted octanol–water partition coefficient (Wildman–Crippen LogP) is 4.76. The van der Waals surface area contributed by atoms with Crippen molar-refractivity contribution >= 4 is 17.3 Å². The molecule has 0 unspecified atom stereocenters. The number of benzene rings is 2. The number of hydrogen-bond donors (Lipinski definition) is 1. The Morgan fingerprint density at radius 2 is 1.68 bits per heavy atom. The van der Waals surface area contributed by atoms with Gasteiger partial charge < -0.3 is 14.7 Å². The average molecular weight is 397 g/mol. The monoisotopic (exact) mass is 396 g/mol. The fourth-order valence-corrected chi connectivity index (χ4v) is 3.28. The van der Waals surface area contributed by atoms with Gasteiger partial charge in [0.15, 0.2) is 11.5 Å². The molecule has 3 aromatic rings. The number of ether oxygens (including phenoxy) is 2. The first-order chi connectivity index (χ1) is 13.7. The fourth-order valence-electron chi connectivity index (χ4n) is 3.16. The Morgan fingerprint density at radius 3 is 2.29 bits per heavy atom. The van der Waals surface area contributed by atoms with Crippen LogP contribution in [0.25, 0.3) is 0 Å². The molecule has 0 radical (unpaired) electrons. The number of halogens is 1. The van der Waals surface area contributed by atoms with Gasteiger partial charge >= 0.3 is 0 Å². The molecule has 0 bridgehead atoms. The van der Waals surface area contributed by atoms with Crippen molar-refractivity contribution in [2.45, 2.75) is 12.8 Å². The number of hydrogen-bond acceptors (Lipinski definition) is 5. The SMILES string of the molecule is COc1ccc(C(=NO)c2ccncc2)c(CCc2ccc(Cl)cc2)c1OC. The molecule has 0 spiro atoms. The highest BCUT2D eigenvalue weighted by Crippen LogP contribution is 2.35. The Bertz CT molecular complexity index is 958. The first-order valence-electron chi connectivity index (χ1n) is 8.79. The van der Waals surface area contributed by atoms with Crippen molar-refractivity contribution in [1.82, 2.24) is 4.98 Å². The zero-order chi connectivity index (χ0) is 19.9. The van der Waals surface area contributed by atoms with E-state index in [-0.39, 0.29) is 0 Å². The number of aromatic nitrogens is 1. The molecule has 28 heavy (non-hydrogen) atoms. The third-order valence-electron chi connectivity index (χ3n) is 4.53. The topological polar surface area (TPSA) is 63.9 Å². The molecule has 6 heteroatoms. The fraction of sp³-hybridized carbons (Fsp3) is 0.182. The molecular formula is C22H21ClN2O3. The minimum absolute atomic E-state index is 0.453. The number of pyridine rings is 1. The van der Waals surface area contributed by atoms with Crippen molar-refractivity contribution in [3.05, 3.63) is 88.2 Å².